The first-order valence-corrected chi connectivity index (χ1v) is 7.31. The van der Waals surface area contributed by atoms with Gasteiger partial charge in [0.1, 0.15) is 5.75 Å². The SMILES string of the molecule is O=c1[nH]c(O)c(Cc2ccc(OCCBr)cc2)s1. The number of thiazole rings is 1. The summed E-state index contributed by atoms with van der Waals surface area (Å²) in [6.07, 6.45) is 0.536. The molecule has 1 aromatic carbocycles. The Bertz CT molecular complexity index is 561. The van der Waals surface area contributed by atoms with E-state index < -0.39 is 0 Å². The maximum Gasteiger partial charge on any atom is 0.307 e. The van der Waals surface area contributed by atoms with E-state index in [-0.39, 0.29) is 10.8 Å². The second-order valence-corrected chi connectivity index (χ2v) is 5.51. The Labute approximate surface area is 116 Å². The van der Waals surface area contributed by atoms with Crippen LogP contribution in [0.15, 0.2) is 29.1 Å². The average Bonchev–Trinajstić information content (AvgIpc) is 2.67. The van der Waals surface area contributed by atoms with Crippen LogP contribution in [-0.4, -0.2) is 22.0 Å². The van der Waals surface area contributed by atoms with Gasteiger partial charge in [-0.2, -0.15) is 0 Å². The summed E-state index contributed by atoms with van der Waals surface area (Å²) in [4.78, 5) is 13.8. The zero-order valence-corrected chi connectivity index (χ0v) is 11.9. The molecule has 4 nitrogen and oxygen atoms in total. The molecule has 2 rings (SSSR count). The van der Waals surface area contributed by atoms with Crippen molar-refractivity contribution in [3.8, 4) is 11.6 Å². The molecule has 0 amide bonds. The molecule has 1 aromatic heterocycles. The standard InChI is InChI=1S/C12H12BrNO3S/c13-5-6-17-9-3-1-8(2-4-9)7-10-11(15)14-12(16)18-10/h1-4,15H,5-7H2,(H,14,16). The van der Waals surface area contributed by atoms with Gasteiger partial charge in [0.15, 0.2) is 0 Å². The number of hydrogen-bond donors (Lipinski definition) is 2. The van der Waals surface area contributed by atoms with Crippen molar-refractivity contribution in [1.82, 2.24) is 4.98 Å². The van der Waals surface area contributed by atoms with Crippen LogP contribution in [-0.2, 0) is 6.42 Å². The lowest BCUT2D eigenvalue weighted by atomic mass is 10.1. The molecule has 2 aromatic rings. The summed E-state index contributed by atoms with van der Waals surface area (Å²) in [6.45, 7) is 0.625. The van der Waals surface area contributed by atoms with Gasteiger partial charge >= 0.3 is 4.87 Å². The molecule has 0 aliphatic carbocycles. The third-order valence-corrected chi connectivity index (χ3v) is 3.53. The Morgan fingerprint density at radius 1 is 1.33 bits per heavy atom. The smallest absolute Gasteiger partial charge is 0.307 e. The molecule has 96 valence electrons. The van der Waals surface area contributed by atoms with Gasteiger partial charge in [0.05, 0.1) is 11.5 Å². The minimum atomic E-state index is -0.236. The summed E-state index contributed by atoms with van der Waals surface area (Å²) in [5, 5.41) is 10.3. The van der Waals surface area contributed by atoms with Crippen molar-refractivity contribution in [2.75, 3.05) is 11.9 Å². The van der Waals surface area contributed by atoms with E-state index in [2.05, 4.69) is 20.9 Å². The Hall–Kier alpha value is -1.27. The fourth-order valence-electron chi connectivity index (χ4n) is 1.52. The second kappa shape index (κ2) is 6.06. The van der Waals surface area contributed by atoms with E-state index in [1.807, 2.05) is 24.3 Å². The normalized spacial score (nSPS) is 10.5. The third-order valence-electron chi connectivity index (χ3n) is 2.33. The predicted octanol–water partition coefficient (Wildman–Crippen LogP) is 2.51. The van der Waals surface area contributed by atoms with E-state index in [0.29, 0.717) is 17.9 Å². The molecule has 0 unspecified atom stereocenters. The van der Waals surface area contributed by atoms with E-state index in [0.717, 1.165) is 28.0 Å². The van der Waals surface area contributed by atoms with E-state index in [1.54, 1.807) is 0 Å². The topological polar surface area (TPSA) is 62.3 Å². The first-order valence-electron chi connectivity index (χ1n) is 5.37. The number of ether oxygens (including phenoxy) is 1. The summed E-state index contributed by atoms with van der Waals surface area (Å²) >= 11 is 4.32. The van der Waals surface area contributed by atoms with Gasteiger partial charge in [-0.3, -0.25) is 9.78 Å². The van der Waals surface area contributed by atoms with Gasteiger partial charge in [0, 0.05) is 11.8 Å². The Morgan fingerprint density at radius 3 is 2.61 bits per heavy atom. The largest absolute Gasteiger partial charge is 0.494 e. The van der Waals surface area contributed by atoms with Crippen LogP contribution in [0.1, 0.15) is 10.4 Å². The third kappa shape index (κ3) is 3.36. The minimum Gasteiger partial charge on any atom is -0.494 e. The number of rotatable bonds is 5. The van der Waals surface area contributed by atoms with Gasteiger partial charge in [0.25, 0.3) is 0 Å². The second-order valence-electron chi connectivity index (χ2n) is 3.64. The van der Waals surface area contributed by atoms with Gasteiger partial charge < -0.3 is 9.84 Å². The lowest BCUT2D eigenvalue weighted by Crippen LogP contribution is -1.97. The van der Waals surface area contributed by atoms with Crippen LogP contribution in [0.2, 0.25) is 0 Å². The molecule has 0 spiro atoms. The molecule has 0 radical (unpaired) electrons. The average molecular weight is 330 g/mol. The molecular weight excluding hydrogens is 318 g/mol. The van der Waals surface area contributed by atoms with Crippen molar-refractivity contribution in [3.05, 3.63) is 44.4 Å². The van der Waals surface area contributed by atoms with Gasteiger partial charge in [0.2, 0.25) is 5.88 Å². The van der Waals surface area contributed by atoms with E-state index in [9.17, 15) is 9.90 Å². The van der Waals surface area contributed by atoms with E-state index in [4.69, 9.17) is 4.74 Å². The molecule has 0 saturated carbocycles. The van der Waals surface area contributed by atoms with Crippen molar-refractivity contribution in [2.45, 2.75) is 6.42 Å². The van der Waals surface area contributed by atoms with Crippen molar-refractivity contribution in [1.29, 1.82) is 0 Å². The highest BCUT2D eigenvalue weighted by atomic mass is 79.9. The Balaban J connectivity index is 2.06. The first kappa shape index (κ1) is 13.2. The zero-order chi connectivity index (χ0) is 13.0. The monoisotopic (exact) mass is 329 g/mol. The van der Waals surface area contributed by atoms with Crippen molar-refractivity contribution >= 4 is 27.3 Å². The highest BCUT2D eigenvalue weighted by Gasteiger charge is 2.07. The van der Waals surface area contributed by atoms with Gasteiger partial charge in [-0.05, 0) is 17.7 Å². The number of benzene rings is 1. The van der Waals surface area contributed by atoms with E-state index in [1.165, 1.54) is 0 Å². The lowest BCUT2D eigenvalue weighted by Gasteiger charge is -2.05. The quantitative estimate of drug-likeness (QED) is 0.828. The van der Waals surface area contributed by atoms with E-state index >= 15 is 0 Å². The van der Waals surface area contributed by atoms with Gasteiger partial charge in [-0.25, -0.2) is 0 Å². The number of aromatic hydroxyl groups is 1. The van der Waals surface area contributed by atoms with Crippen LogP contribution in [0, 0.1) is 0 Å². The predicted molar refractivity (Wildman–Crippen MR) is 75.1 cm³/mol. The fourth-order valence-corrected chi connectivity index (χ4v) is 2.44. The molecule has 6 heteroatoms. The lowest BCUT2D eigenvalue weighted by molar-refractivity contribution is 0.345. The van der Waals surface area contributed by atoms with Crippen LogP contribution >= 0.6 is 27.3 Å². The minimum absolute atomic E-state index is 0.0374. The van der Waals surface area contributed by atoms with Gasteiger partial charge in [-0.1, -0.05) is 39.4 Å². The summed E-state index contributed by atoms with van der Waals surface area (Å²) in [5.74, 6) is 0.772. The Morgan fingerprint density at radius 2 is 2.06 bits per heavy atom. The van der Waals surface area contributed by atoms with Crippen LogP contribution in [0.4, 0.5) is 0 Å². The number of aromatic nitrogens is 1. The summed E-state index contributed by atoms with van der Waals surface area (Å²) in [6, 6.07) is 7.61. The van der Waals surface area contributed by atoms with Crippen LogP contribution < -0.4 is 9.61 Å². The summed E-state index contributed by atoms with van der Waals surface area (Å²) < 4.78 is 5.44. The molecule has 0 saturated heterocycles. The van der Waals surface area contributed by atoms with Crippen molar-refractivity contribution < 1.29 is 9.84 Å². The fraction of sp³-hybridized carbons (Fsp3) is 0.250. The van der Waals surface area contributed by atoms with Gasteiger partial charge in [-0.15, -0.1) is 0 Å². The van der Waals surface area contributed by atoms with Crippen LogP contribution in [0.3, 0.4) is 0 Å². The molecule has 0 fully saturated rings. The number of alkyl halides is 1. The molecule has 0 aliphatic heterocycles. The number of H-pyrrole nitrogens is 1. The van der Waals surface area contributed by atoms with Crippen LogP contribution in [0.5, 0.6) is 11.6 Å². The molecule has 0 bridgehead atoms. The first-order chi connectivity index (χ1) is 8.69. The maximum absolute atomic E-state index is 11.1. The number of hydrogen-bond acceptors (Lipinski definition) is 4. The maximum atomic E-state index is 11.1. The molecule has 0 atom stereocenters. The highest BCUT2D eigenvalue weighted by molar-refractivity contribution is 9.09. The molecule has 0 aliphatic rings. The van der Waals surface area contributed by atoms with Crippen molar-refractivity contribution in [2.24, 2.45) is 0 Å². The van der Waals surface area contributed by atoms with Crippen molar-refractivity contribution in [3.63, 3.8) is 0 Å². The summed E-state index contributed by atoms with van der Waals surface area (Å²) in [5.41, 5.74) is 1.02. The van der Waals surface area contributed by atoms with Crippen LogP contribution in [0.25, 0.3) is 0 Å². The number of nitrogens with one attached hydrogen (secondary N) is 1. The number of aromatic amines is 1. The number of halogens is 1. The zero-order valence-electron chi connectivity index (χ0n) is 9.48. The highest BCUT2D eigenvalue weighted by Crippen LogP contribution is 2.21. The Kier molecular flexibility index (Phi) is 4.43. The summed E-state index contributed by atoms with van der Waals surface area (Å²) in [7, 11) is 0. The molecule has 18 heavy (non-hydrogen) atoms. The molecule has 2 N–H and O–H groups in total. The molecule has 1 heterocycles. The molecular formula is C12H12BrNO3S.